The molecule has 0 bridgehead atoms. The molecule has 1 saturated heterocycles. The largest absolute Gasteiger partial charge is 0.469 e. The van der Waals surface area contributed by atoms with Crippen molar-refractivity contribution >= 4 is 33.5 Å². The van der Waals surface area contributed by atoms with Crippen LogP contribution in [0.25, 0.3) is 0 Å². The molecule has 0 unspecified atom stereocenters. The van der Waals surface area contributed by atoms with Crippen molar-refractivity contribution in [2.24, 2.45) is 5.92 Å². The molecule has 2 rings (SSSR count). The first-order chi connectivity index (χ1) is 8.52. The third-order valence-electron chi connectivity index (χ3n) is 3.11. The van der Waals surface area contributed by atoms with Crippen LogP contribution in [0.3, 0.4) is 0 Å². The third kappa shape index (κ3) is 2.41. The highest BCUT2D eigenvalue weighted by atomic mass is 79.9. The highest BCUT2D eigenvalue weighted by Gasteiger charge is 2.36. The molecule has 1 amide bonds. The summed E-state index contributed by atoms with van der Waals surface area (Å²) in [5, 5.41) is 0. The van der Waals surface area contributed by atoms with E-state index in [1.54, 1.807) is 4.90 Å². The fourth-order valence-electron chi connectivity index (χ4n) is 2.19. The van der Waals surface area contributed by atoms with E-state index in [9.17, 15) is 9.59 Å². The predicted molar refractivity (Wildman–Crippen MR) is 71.4 cm³/mol. The van der Waals surface area contributed by atoms with Gasteiger partial charge in [0.1, 0.15) is 0 Å². The van der Waals surface area contributed by atoms with Crippen LogP contribution >= 0.6 is 15.9 Å². The van der Waals surface area contributed by atoms with E-state index >= 15 is 0 Å². The number of hydrogen-bond acceptors (Lipinski definition) is 3. The first kappa shape index (κ1) is 13.1. The Kier molecular flexibility index (Phi) is 3.71. The van der Waals surface area contributed by atoms with Gasteiger partial charge in [0.25, 0.3) is 0 Å². The summed E-state index contributed by atoms with van der Waals surface area (Å²) >= 11 is 3.39. The Balaban J connectivity index is 2.24. The first-order valence-corrected chi connectivity index (χ1v) is 6.46. The molecule has 0 saturated carbocycles. The zero-order valence-corrected chi connectivity index (χ0v) is 11.9. The first-order valence-electron chi connectivity index (χ1n) is 5.67. The Morgan fingerprint density at radius 2 is 2.22 bits per heavy atom. The topological polar surface area (TPSA) is 46.6 Å². The Labute approximate surface area is 114 Å². The van der Waals surface area contributed by atoms with Gasteiger partial charge in [0.2, 0.25) is 5.91 Å². The Morgan fingerprint density at radius 1 is 1.50 bits per heavy atom. The van der Waals surface area contributed by atoms with Gasteiger partial charge in [-0.1, -0.05) is 15.9 Å². The normalized spacial score (nSPS) is 19.2. The van der Waals surface area contributed by atoms with E-state index in [1.807, 2.05) is 25.1 Å². The maximum atomic E-state index is 11.9. The molecule has 0 spiro atoms. The molecule has 0 radical (unpaired) electrons. The minimum atomic E-state index is -0.356. The highest BCUT2D eigenvalue weighted by molar-refractivity contribution is 9.10. The lowest BCUT2D eigenvalue weighted by Gasteiger charge is -2.19. The summed E-state index contributed by atoms with van der Waals surface area (Å²) in [5.74, 6) is -0.706. The number of hydrogen-bond donors (Lipinski definition) is 0. The van der Waals surface area contributed by atoms with Crippen molar-refractivity contribution in [3.8, 4) is 0 Å². The number of carbonyl (C=O) groups excluding carboxylic acids is 2. The second-order valence-corrected chi connectivity index (χ2v) is 5.28. The van der Waals surface area contributed by atoms with E-state index in [2.05, 4.69) is 15.9 Å². The SMILES string of the molecule is COC(=O)[C@H]1CC(=O)N(c2ccc(Br)cc2C)C1. The lowest BCUT2D eigenvalue weighted by Crippen LogP contribution is -2.26. The number of anilines is 1. The third-order valence-corrected chi connectivity index (χ3v) is 3.60. The van der Waals surface area contributed by atoms with Gasteiger partial charge in [-0.3, -0.25) is 9.59 Å². The van der Waals surface area contributed by atoms with Crippen molar-refractivity contribution in [2.45, 2.75) is 13.3 Å². The van der Waals surface area contributed by atoms with E-state index < -0.39 is 0 Å². The summed E-state index contributed by atoms with van der Waals surface area (Å²) in [5.41, 5.74) is 1.86. The maximum absolute atomic E-state index is 11.9. The van der Waals surface area contributed by atoms with Crippen molar-refractivity contribution in [3.05, 3.63) is 28.2 Å². The van der Waals surface area contributed by atoms with Crippen LogP contribution < -0.4 is 4.90 Å². The summed E-state index contributed by atoms with van der Waals surface area (Å²) in [6, 6.07) is 5.73. The van der Waals surface area contributed by atoms with Crippen LogP contribution in [-0.2, 0) is 14.3 Å². The molecule has 4 nitrogen and oxygen atoms in total. The molecule has 1 heterocycles. The van der Waals surface area contributed by atoms with Crippen molar-refractivity contribution < 1.29 is 14.3 Å². The van der Waals surface area contributed by atoms with Crippen LogP contribution in [-0.4, -0.2) is 25.5 Å². The molecule has 1 aliphatic rings. The quantitative estimate of drug-likeness (QED) is 0.787. The van der Waals surface area contributed by atoms with E-state index in [4.69, 9.17) is 4.74 Å². The van der Waals surface area contributed by atoms with E-state index in [1.165, 1.54) is 7.11 Å². The average molecular weight is 312 g/mol. The number of amides is 1. The Hall–Kier alpha value is -1.36. The van der Waals surface area contributed by atoms with Gasteiger partial charge in [0, 0.05) is 23.1 Å². The number of rotatable bonds is 2. The van der Waals surface area contributed by atoms with Crippen molar-refractivity contribution in [1.82, 2.24) is 0 Å². The second-order valence-electron chi connectivity index (χ2n) is 4.36. The number of esters is 1. The molecule has 0 aromatic heterocycles. The number of aryl methyl sites for hydroxylation is 1. The van der Waals surface area contributed by atoms with Gasteiger partial charge in [-0.15, -0.1) is 0 Å². The molecule has 0 N–H and O–H groups in total. The average Bonchev–Trinajstić information content (AvgIpc) is 2.70. The molecule has 1 aromatic carbocycles. The van der Waals surface area contributed by atoms with Gasteiger partial charge >= 0.3 is 5.97 Å². The van der Waals surface area contributed by atoms with Gasteiger partial charge in [0.15, 0.2) is 0 Å². The lowest BCUT2D eigenvalue weighted by molar-refractivity contribution is -0.145. The molecule has 96 valence electrons. The number of ether oxygens (including phenoxy) is 1. The number of methoxy groups -OCH3 is 1. The Bertz CT molecular complexity index is 501. The fourth-order valence-corrected chi connectivity index (χ4v) is 2.66. The molecular formula is C13H14BrNO3. The van der Waals surface area contributed by atoms with Crippen LogP contribution in [0.5, 0.6) is 0 Å². The van der Waals surface area contributed by atoms with Gasteiger partial charge in [-0.2, -0.15) is 0 Å². The molecular weight excluding hydrogens is 298 g/mol. The summed E-state index contributed by atoms with van der Waals surface area (Å²) in [6.45, 7) is 2.34. The monoisotopic (exact) mass is 311 g/mol. The predicted octanol–water partition coefficient (Wildman–Crippen LogP) is 2.28. The van der Waals surface area contributed by atoms with Gasteiger partial charge in [0.05, 0.1) is 13.0 Å². The summed E-state index contributed by atoms with van der Waals surface area (Å²) in [4.78, 5) is 25.1. The van der Waals surface area contributed by atoms with Crippen LogP contribution in [0.2, 0.25) is 0 Å². The zero-order chi connectivity index (χ0) is 13.3. The minimum Gasteiger partial charge on any atom is -0.469 e. The number of benzene rings is 1. The summed E-state index contributed by atoms with van der Waals surface area (Å²) in [6.07, 6.45) is 0.224. The fraction of sp³-hybridized carbons (Fsp3) is 0.385. The van der Waals surface area contributed by atoms with Crippen molar-refractivity contribution in [1.29, 1.82) is 0 Å². The molecule has 5 heteroatoms. The highest BCUT2D eigenvalue weighted by Crippen LogP contribution is 2.30. The molecule has 18 heavy (non-hydrogen) atoms. The maximum Gasteiger partial charge on any atom is 0.311 e. The van der Waals surface area contributed by atoms with Crippen LogP contribution in [0.15, 0.2) is 22.7 Å². The number of carbonyl (C=O) groups is 2. The van der Waals surface area contributed by atoms with Gasteiger partial charge in [-0.25, -0.2) is 0 Å². The van der Waals surface area contributed by atoms with E-state index in [0.717, 1.165) is 15.7 Å². The van der Waals surface area contributed by atoms with Crippen LogP contribution in [0.4, 0.5) is 5.69 Å². The minimum absolute atomic E-state index is 0.0316. The molecule has 1 atom stereocenters. The lowest BCUT2D eigenvalue weighted by atomic mass is 10.1. The molecule has 1 aliphatic heterocycles. The summed E-state index contributed by atoms with van der Waals surface area (Å²) < 4.78 is 5.66. The van der Waals surface area contributed by atoms with Crippen molar-refractivity contribution in [3.63, 3.8) is 0 Å². The Morgan fingerprint density at radius 3 is 2.83 bits per heavy atom. The van der Waals surface area contributed by atoms with Gasteiger partial charge in [-0.05, 0) is 30.7 Å². The van der Waals surface area contributed by atoms with Gasteiger partial charge < -0.3 is 9.64 Å². The second kappa shape index (κ2) is 5.10. The smallest absolute Gasteiger partial charge is 0.311 e. The van der Waals surface area contributed by atoms with E-state index in [0.29, 0.717) is 6.54 Å². The molecule has 1 fully saturated rings. The summed E-state index contributed by atoms with van der Waals surface area (Å²) in [7, 11) is 1.35. The molecule has 1 aromatic rings. The number of nitrogens with zero attached hydrogens (tertiary/aromatic N) is 1. The van der Waals surface area contributed by atoms with E-state index in [-0.39, 0.29) is 24.2 Å². The van der Waals surface area contributed by atoms with Crippen LogP contribution in [0.1, 0.15) is 12.0 Å². The van der Waals surface area contributed by atoms with Crippen molar-refractivity contribution in [2.75, 3.05) is 18.6 Å². The van der Waals surface area contributed by atoms with Crippen LogP contribution in [0, 0.1) is 12.8 Å². The number of halogens is 1. The molecule has 0 aliphatic carbocycles. The standard InChI is InChI=1S/C13H14BrNO3/c1-8-5-10(14)3-4-11(8)15-7-9(6-12(15)16)13(17)18-2/h3-5,9H,6-7H2,1-2H3/t9-/m0/s1. The zero-order valence-electron chi connectivity index (χ0n) is 10.3.